The van der Waals surface area contributed by atoms with Crippen molar-refractivity contribution in [3.63, 3.8) is 0 Å². The van der Waals surface area contributed by atoms with Gasteiger partial charge < -0.3 is 9.84 Å². The predicted octanol–water partition coefficient (Wildman–Crippen LogP) is -1.41. The number of nitrogens with two attached hydrogens (primary N) is 1. The molecule has 0 aromatic heterocycles. The Morgan fingerprint density at radius 1 is 1.62 bits per heavy atom. The zero-order valence-corrected chi connectivity index (χ0v) is 8.30. The second-order valence-corrected chi connectivity index (χ2v) is 4.85. The molecule has 0 aromatic rings. The van der Waals surface area contributed by atoms with E-state index in [1.54, 1.807) is 6.92 Å². The second-order valence-electron chi connectivity index (χ2n) is 2.60. The average Bonchev–Trinajstić information content (AvgIpc) is 1.83. The number of carbonyl (C=O) groups excluding carboxylic acids is 1. The van der Waals surface area contributed by atoms with Crippen molar-refractivity contribution in [1.82, 2.24) is 0 Å². The summed E-state index contributed by atoms with van der Waals surface area (Å²) < 4.78 is 26.0. The van der Waals surface area contributed by atoms with Gasteiger partial charge in [0.05, 0.1) is 6.61 Å². The first kappa shape index (κ1) is 12.3. The molecule has 0 amide bonds. The van der Waals surface area contributed by atoms with Gasteiger partial charge in [0.25, 0.3) is 0 Å². The van der Waals surface area contributed by atoms with Crippen LogP contribution in [0.2, 0.25) is 0 Å². The van der Waals surface area contributed by atoms with Crippen molar-refractivity contribution in [3.05, 3.63) is 0 Å². The van der Waals surface area contributed by atoms with Gasteiger partial charge in [-0.25, -0.2) is 8.42 Å². The third-order valence-electron chi connectivity index (χ3n) is 1.35. The first-order valence-corrected chi connectivity index (χ1v) is 5.46. The number of hydrogen-bond acceptors (Lipinski definition) is 6. The van der Waals surface area contributed by atoms with Crippen LogP contribution in [0.1, 0.15) is 13.3 Å². The lowest BCUT2D eigenvalue weighted by Crippen LogP contribution is -2.49. The van der Waals surface area contributed by atoms with Crippen molar-refractivity contribution in [3.8, 4) is 0 Å². The fourth-order valence-corrected chi connectivity index (χ4v) is 0.930. The largest absolute Gasteiger partial charge is 0.466 e. The average molecular weight is 211 g/mol. The van der Waals surface area contributed by atoms with E-state index >= 15 is 0 Å². The highest BCUT2D eigenvalue weighted by atomic mass is 32.2. The molecule has 0 bridgehead atoms. The lowest BCUT2D eigenvalue weighted by Gasteiger charge is -2.19. The summed E-state index contributed by atoms with van der Waals surface area (Å²) in [7, 11) is -3.88. The Hall–Kier alpha value is -0.660. The maximum Gasteiger partial charge on any atom is 0.311 e. The van der Waals surface area contributed by atoms with Gasteiger partial charge in [-0.15, -0.1) is 0 Å². The summed E-state index contributed by atoms with van der Waals surface area (Å²) in [5, 5.41) is 6.59. The molecule has 13 heavy (non-hydrogen) atoms. The van der Waals surface area contributed by atoms with Crippen LogP contribution >= 0.6 is 0 Å². The van der Waals surface area contributed by atoms with Crippen LogP contribution in [0.4, 0.5) is 0 Å². The molecule has 1 unspecified atom stereocenters. The van der Waals surface area contributed by atoms with Crippen LogP contribution in [0.5, 0.6) is 0 Å². The van der Waals surface area contributed by atoms with Crippen LogP contribution in [-0.4, -0.2) is 37.4 Å². The van der Waals surface area contributed by atoms with E-state index in [-0.39, 0.29) is 6.61 Å². The van der Waals surface area contributed by atoms with Gasteiger partial charge in [-0.3, -0.25) is 10.5 Å². The number of rotatable bonds is 4. The Morgan fingerprint density at radius 2 is 2.08 bits per heavy atom. The monoisotopic (exact) mass is 211 g/mol. The van der Waals surface area contributed by atoms with Crippen molar-refractivity contribution < 1.29 is 23.1 Å². The lowest BCUT2D eigenvalue weighted by atomic mass is 10.4. The van der Waals surface area contributed by atoms with E-state index in [0.29, 0.717) is 0 Å². The first-order chi connectivity index (χ1) is 5.70. The van der Waals surface area contributed by atoms with E-state index in [9.17, 15) is 13.2 Å². The molecule has 7 heteroatoms. The number of aliphatic hydroxyl groups is 1. The molecule has 0 aliphatic heterocycles. The summed E-state index contributed by atoms with van der Waals surface area (Å²) in [6.07, 6.45) is -0.0219. The molecule has 0 spiro atoms. The highest BCUT2D eigenvalue weighted by Gasteiger charge is 2.36. The standard InChI is InChI=1S/C6H13NO5S/c1-3-12-5(8)4-6(7,9)13(2,10)11/h9H,3-4,7H2,1-2H3. The van der Waals surface area contributed by atoms with Gasteiger partial charge in [0.2, 0.25) is 5.06 Å². The van der Waals surface area contributed by atoms with Gasteiger partial charge in [-0.1, -0.05) is 0 Å². The Balaban J connectivity index is 4.44. The summed E-state index contributed by atoms with van der Waals surface area (Å²) in [6.45, 7) is 1.67. The molecular weight excluding hydrogens is 198 g/mol. The van der Waals surface area contributed by atoms with E-state index in [4.69, 9.17) is 10.8 Å². The fraction of sp³-hybridized carbons (Fsp3) is 0.833. The Morgan fingerprint density at radius 3 is 2.38 bits per heavy atom. The van der Waals surface area contributed by atoms with E-state index < -0.39 is 27.3 Å². The Kier molecular flexibility index (Phi) is 3.83. The third kappa shape index (κ3) is 3.71. The topological polar surface area (TPSA) is 107 Å². The van der Waals surface area contributed by atoms with Crippen molar-refractivity contribution in [2.45, 2.75) is 18.4 Å². The van der Waals surface area contributed by atoms with Crippen molar-refractivity contribution in [2.24, 2.45) is 5.73 Å². The number of carbonyl (C=O) groups is 1. The zero-order chi connectivity index (χ0) is 10.7. The third-order valence-corrected chi connectivity index (χ3v) is 2.77. The molecular formula is C6H13NO5S. The zero-order valence-electron chi connectivity index (χ0n) is 7.48. The van der Waals surface area contributed by atoms with Crippen LogP contribution in [0.3, 0.4) is 0 Å². The van der Waals surface area contributed by atoms with E-state index in [2.05, 4.69) is 4.74 Å². The number of esters is 1. The van der Waals surface area contributed by atoms with Gasteiger partial charge in [-0.2, -0.15) is 0 Å². The van der Waals surface area contributed by atoms with Crippen LogP contribution in [0.25, 0.3) is 0 Å². The van der Waals surface area contributed by atoms with Crippen LogP contribution < -0.4 is 5.73 Å². The highest BCUT2D eigenvalue weighted by Crippen LogP contribution is 2.10. The molecule has 3 N–H and O–H groups in total. The van der Waals surface area contributed by atoms with Gasteiger partial charge in [0, 0.05) is 6.26 Å². The minimum absolute atomic E-state index is 0.110. The van der Waals surface area contributed by atoms with Crippen LogP contribution in [0.15, 0.2) is 0 Å². The molecule has 0 rings (SSSR count). The maximum atomic E-state index is 10.8. The molecule has 0 aliphatic rings. The number of sulfone groups is 1. The van der Waals surface area contributed by atoms with Crippen LogP contribution in [-0.2, 0) is 19.4 Å². The molecule has 0 aromatic carbocycles. The molecule has 6 nitrogen and oxygen atoms in total. The number of hydrogen-bond donors (Lipinski definition) is 2. The summed E-state index contributed by atoms with van der Waals surface area (Å²) >= 11 is 0. The summed E-state index contributed by atoms with van der Waals surface area (Å²) in [5.41, 5.74) is 4.99. The summed E-state index contributed by atoms with van der Waals surface area (Å²) in [6, 6.07) is 0. The van der Waals surface area contributed by atoms with E-state index in [1.165, 1.54) is 0 Å². The highest BCUT2D eigenvalue weighted by molar-refractivity contribution is 7.91. The van der Waals surface area contributed by atoms with Gasteiger partial charge in [-0.05, 0) is 6.92 Å². The van der Waals surface area contributed by atoms with Crippen molar-refractivity contribution >= 4 is 15.8 Å². The van der Waals surface area contributed by atoms with Gasteiger partial charge in [0.1, 0.15) is 6.42 Å². The molecule has 78 valence electrons. The molecule has 0 saturated carbocycles. The SMILES string of the molecule is CCOC(=O)CC(N)(O)S(C)(=O)=O. The normalized spacial score (nSPS) is 16.3. The van der Waals surface area contributed by atoms with Crippen LogP contribution in [0, 0.1) is 0 Å². The van der Waals surface area contributed by atoms with E-state index in [0.717, 1.165) is 6.26 Å². The molecule has 0 heterocycles. The maximum absolute atomic E-state index is 10.8. The molecule has 1 atom stereocenters. The molecule has 0 saturated heterocycles. The first-order valence-electron chi connectivity index (χ1n) is 3.57. The summed E-state index contributed by atoms with van der Waals surface area (Å²) in [5.74, 6) is -0.849. The molecule has 0 aliphatic carbocycles. The Labute approximate surface area is 76.6 Å². The van der Waals surface area contributed by atoms with Gasteiger partial charge in [0.15, 0.2) is 9.84 Å². The Bertz CT molecular complexity index is 281. The lowest BCUT2D eigenvalue weighted by molar-refractivity contribution is -0.146. The number of ether oxygens (including phenoxy) is 1. The predicted molar refractivity (Wildman–Crippen MR) is 45.2 cm³/mol. The minimum atomic E-state index is -3.88. The minimum Gasteiger partial charge on any atom is -0.466 e. The van der Waals surface area contributed by atoms with Gasteiger partial charge >= 0.3 is 5.97 Å². The van der Waals surface area contributed by atoms with Crippen molar-refractivity contribution in [1.29, 1.82) is 0 Å². The smallest absolute Gasteiger partial charge is 0.311 e. The fourth-order valence-electron chi connectivity index (χ4n) is 0.550. The summed E-state index contributed by atoms with van der Waals surface area (Å²) in [4.78, 5) is 10.8. The second kappa shape index (κ2) is 4.03. The quantitative estimate of drug-likeness (QED) is 0.437. The van der Waals surface area contributed by atoms with Crippen molar-refractivity contribution in [2.75, 3.05) is 12.9 Å². The molecule has 0 fully saturated rings. The molecule has 0 radical (unpaired) electrons. The van der Waals surface area contributed by atoms with E-state index in [1.807, 2.05) is 0 Å².